The zero-order chi connectivity index (χ0) is 18.9. The van der Waals surface area contributed by atoms with Crippen molar-refractivity contribution in [2.75, 3.05) is 13.2 Å². The van der Waals surface area contributed by atoms with Crippen molar-refractivity contribution in [2.24, 2.45) is 0 Å². The minimum absolute atomic E-state index is 0.343. The van der Waals surface area contributed by atoms with E-state index in [0.29, 0.717) is 25.1 Å². The Morgan fingerprint density at radius 3 is 2.73 bits per heavy atom. The summed E-state index contributed by atoms with van der Waals surface area (Å²) in [6.07, 6.45) is 9.17. The van der Waals surface area contributed by atoms with Gasteiger partial charge in [-0.05, 0) is 69.6 Å². The van der Waals surface area contributed by atoms with Crippen LogP contribution in [0.5, 0.6) is 5.75 Å². The summed E-state index contributed by atoms with van der Waals surface area (Å²) in [6.45, 7) is 9.59. The van der Waals surface area contributed by atoms with Gasteiger partial charge in [0.1, 0.15) is 18.5 Å². The van der Waals surface area contributed by atoms with Crippen LogP contribution in [0.1, 0.15) is 76.3 Å². The van der Waals surface area contributed by atoms with Crippen LogP contribution >= 0.6 is 0 Å². The average Bonchev–Trinajstić information content (AvgIpc) is 3.12. The highest BCUT2D eigenvalue weighted by molar-refractivity contribution is 5.38. The Labute approximate surface area is 159 Å². The second kappa shape index (κ2) is 10.7. The zero-order valence-electron chi connectivity index (χ0n) is 17.1. The molecule has 1 aliphatic rings. The number of hydrogen-bond donors (Lipinski definition) is 2. The predicted octanol–water partition coefficient (Wildman–Crippen LogP) is 5.12. The smallest absolute Gasteiger partial charge is 0.122 e. The number of rotatable bonds is 10. The van der Waals surface area contributed by atoms with Gasteiger partial charge >= 0.3 is 0 Å². The van der Waals surface area contributed by atoms with Crippen LogP contribution in [-0.2, 0) is 0 Å². The van der Waals surface area contributed by atoms with Gasteiger partial charge in [-0.3, -0.25) is 0 Å². The van der Waals surface area contributed by atoms with Gasteiger partial charge in [0.25, 0.3) is 0 Å². The molecule has 26 heavy (non-hydrogen) atoms. The van der Waals surface area contributed by atoms with Gasteiger partial charge in [0.05, 0.1) is 0 Å². The van der Waals surface area contributed by atoms with E-state index in [9.17, 15) is 5.11 Å². The van der Waals surface area contributed by atoms with E-state index in [-0.39, 0.29) is 0 Å². The molecule has 2 rings (SSSR count). The quantitative estimate of drug-likeness (QED) is 0.570. The van der Waals surface area contributed by atoms with Gasteiger partial charge in [-0.15, -0.1) is 0 Å². The third kappa shape index (κ3) is 7.13. The topological polar surface area (TPSA) is 41.5 Å². The van der Waals surface area contributed by atoms with E-state index in [1.807, 2.05) is 0 Å². The van der Waals surface area contributed by atoms with E-state index in [2.05, 4.69) is 57.3 Å². The van der Waals surface area contributed by atoms with E-state index < -0.39 is 6.10 Å². The lowest BCUT2D eigenvalue weighted by molar-refractivity contribution is 0.103. The van der Waals surface area contributed by atoms with E-state index in [1.165, 1.54) is 36.8 Å². The van der Waals surface area contributed by atoms with Crippen LogP contribution in [0.2, 0.25) is 0 Å². The van der Waals surface area contributed by atoms with Gasteiger partial charge in [-0.2, -0.15) is 0 Å². The Balaban J connectivity index is 1.82. The minimum Gasteiger partial charge on any atom is -0.491 e. The van der Waals surface area contributed by atoms with Crippen molar-refractivity contribution in [3.8, 4) is 5.75 Å². The molecule has 3 heteroatoms. The molecule has 1 saturated carbocycles. The van der Waals surface area contributed by atoms with E-state index in [1.54, 1.807) is 0 Å². The maximum Gasteiger partial charge on any atom is 0.122 e. The van der Waals surface area contributed by atoms with Gasteiger partial charge in [-0.25, -0.2) is 0 Å². The van der Waals surface area contributed by atoms with Crippen LogP contribution in [0.25, 0.3) is 0 Å². The molecule has 2 N–H and O–H groups in total. The average molecular weight is 360 g/mol. The molecule has 0 spiro atoms. The Morgan fingerprint density at radius 2 is 2.04 bits per heavy atom. The maximum absolute atomic E-state index is 10.2. The molecule has 146 valence electrons. The molecule has 2 atom stereocenters. The van der Waals surface area contributed by atoms with Crippen LogP contribution in [0.4, 0.5) is 0 Å². The van der Waals surface area contributed by atoms with Crippen LogP contribution in [0.15, 0.2) is 29.8 Å². The summed E-state index contributed by atoms with van der Waals surface area (Å²) < 4.78 is 5.95. The number of aliphatic hydroxyl groups excluding tert-OH is 1. The first-order valence-electron chi connectivity index (χ1n) is 10.2. The highest BCUT2D eigenvalue weighted by Gasteiger charge is 2.16. The Kier molecular flexibility index (Phi) is 8.67. The Hall–Kier alpha value is -1.32. The second-order valence-electron chi connectivity index (χ2n) is 8.14. The fraction of sp³-hybridized carbons (Fsp3) is 0.652. The number of aryl methyl sites for hydroxylation is 1. The molecular weight excluding hydrogens is 322 g/mol. The molecule has 3 nitrogen and oxygen atoms in total. The normalized spacial score (nSPS) is 17.1. The van der Waals surface area contributed by atoms with Crippen molar-refractivity contribution in [1.29, 1.82) is 0 Å². The standard InChI is InChI=1S/C23H37NO2/c1-17(2)8-7-9-18(3)20-13-12-19(4)23(14-20)26-16-22(25)15-24-21-10-5-6-11-21/h8,12-14,18,21-22,24-25H,5-7,9-11,15-16H2,1-4H3. The van der Waals surface area contributed by atoms with E-state index in [4.69, 9.17) is 4.74 Å². The highest BCUT2D eigenvalue weighted by atomic mass is 16.5. The molecule has 0 radical (unpaired) electrons. The molecule has 0 heterocycles. The van der Waals surface area contributed by atoms with Crippen LogP contribution in [0.3, 0.4) is 0 Å². The van der Waals surface area contributed by atoms with Crippen LogP contribution < -0.4 is 10.1 Å². The lowest BCUT2D eigenvalue weighted by Gasteiger charge is -2.19. The number of benzene rings is 1. The first-order valence-corrected chi connectivity index (χ1v) is 10.2. The zero-order valence-corrected chi connectivity index (χ0v) is 17.1. The van der Waals surface area contributed by atoms with Gasteiger partial charge in [0.15, 0.2) is 0 Å². The van der Waals surface area contributed by atoms with Crippen molar-refractivity contribution in [1.82, 2.24) is 5.32 Å². The molecule has 0 aromatic heterocycles. The summed E-state index contributed by atoms with van der Waals surface area (Å²) in [5.74, 6) is 1.40. The summed E-state index contributed by atoms with van der Waals surface area (Å²) in [6, 6.07) is 7.06. The van der Waals surface area contributed by atoms with Crippen molar-refractivity contribution < 1.29 is 9.84 Å². The summed E-state index contributed by atoms with van der Waals surface area (Å²) >= 11 is 0. The van der Waals surface area contributed by atoms with Crippen molar-refractivity contribution in [3.63, 3.8) is 0 Å². The van der Waals surface area contributed by atoms with Crippen LogP contribution in [0, 0.1) is 6.92 Å². The molecular formula is C23H37NO2. The molecule has 1 aromatic rings. The molecule has 2 unspecified atom stereocenters. The van der Waals surface area contributed by atoms with Crippen LogP contribution in [-0.4, -0.2) is 30.4 Å². The van der Waals surface area contributed by atoms with Gasteiger partial charge in [0, 0.05) is 12.6 Å². The molecule has 1 fully saturated rings. The van der Waals surface area contributed by atoms with Crippen molar-refractivity contribution in [2.45, 2.75) is 84.3 Å². The van der Waals surface area contributed by atoms with E-state index in [0.717, 1.165) is 24.2 Å². The number of nitrogens with one attached hydrogen (secondary N) is 1. The first kappa shape index (κ1) is 21.0. The number of hydrogen-bond acceptors (Lipinski definition) is 3. The Bertz CT molecular complexity index is 572. The fourth-order valence-corrected chi connectivity index (χ4v) is 3.54. The maximum atomic E-state index is 10.2. The van der Waals surface area contributed by atoms with Crippen molar-refractivity contribution >= 4 is 0 Å². The monoisotopic (exact) mass is 359 g/mol. The van der Waals surface area contributed by atoms with Crippen molar-refractivity contribution in [3.05, 3.63) is 41.0 Å². The van der Waals surface area contributed by atoms with Gasteiger partial charge in [-0.1, -0.05) is 43.5 Å². The molecule has 0 bridgehead atoms. The molecule has 0 saturated heterocycles. The largest absolute Gasteiger partial charge is 0.491 e. The first-order chi connectivity index (χ1) is 12.5. The Morgan fingerprint density at radius 1 is 1.31 bits per heavy atom. The molecule has 0 amide bonds. The van der Waals surface area contributed by atoms with Gasteiger partial charge < -0.3 is 15.2 Å². The summed E-state index contributed by atoms with van der Waals surface area (Å²) in [5, 5.41) is 13.7. The molecule has 0 aliphatic heterocycles. The fourth-order valence-electron chi connectivity index (χ4n) is 3.54. The SMILES string of the molecule is CC(C)=CCCC(C)c1ccc(C)c(OCC(O)CNC2CCCC2)c1. The highest BCUT2D eigenvalue weighted by Crippen LogP contribution is 2.27. The lowest BCUT2D eigenvalue weighted by atomic mass is 9.94. The summed E-state index contributed by atoms with van der Waals surface area (Å²) in [4.78, 5) is 0. The minimum atomic E-state index is -0.464. The predicted molar refractivity (Wildman–Crippen MR) is 110 cm³/mol. The summed E-state index contributed by atoms with van der Waals surface area (Å²) in [7, 11) is 0. The number of aliphatic hydroxyl groups is 1. The lowest BCUT2D eigenvalue weighted by Crippen LogP contribution is -2.36. The number of allylic oxidation sites excluding steroid dienone is 2. The third-order valence-electron chi connectivity index (χ3n) is 5.36. The van der Waals surface area contributed by atoms with E-state index >= 15 is 0 Å². The number of ether oxygens (including phenoxy) is 1. The van der Waals surface area contributed by atoms with Gasteiger partial charge in [0.2, 0.25) is 0 Å². The summed E-state index contributed by atoms with van der Waals surface area (Å²) in [5.41, 5.74) is 3.82. The third-order valence-corrected chi connectivity index (χ3v) is 5.36. The molecule has 1 aromatic carbocycles. The molecule has 1 aliphatic carbocycles. The second-order valence-corrected chi connectivity index (χ2v) is 8.14.